The quantitative estimate of drug-likeness (QED) is 0.633. The molecule has 1 heterocycles. The van der Waals surface area contributed by atoms with Crippen LogP contribution in [-0.4, -0.2) is 37.7 Å². The molecule has 0 bridgehead atoms. The Balaban J connectivity index is 2.50. The molecule has 1 unspecified atom stereocenters. The predicted molar refractivity (Wildman–Crippen MR) is 88.4 cm³/mol. The molecule has 1 aromatic rings. The van der Waals surface area contributed by atoms with Crippen molar-refractivity contribution in [2.45, 2.75) is 52.7 Å². The summed E-state index contributed by atoms with van der Waals surface area (Å²) in [4.78, 5) is 5.40. The Morgan fingerprint density at radius 1 is 1.30 bits per heavy atom. The fourth-order valence-electron chi connectivity index (χ4n) is 2.11. The smallest absolute Gasteiger partial charge is 0.0589 e. The second-order valence-electron chi connectivity index (χ2n) is 5.27. The van der Waals surface area contributed by atoms with Crippen molar-refractivity contribution in [2.24, 2.45) is 0 Å². The van der Waals surface area contributed by atoms with E-state index < -0.39 is 0 Å². The number of rotatable bonds is 11. The molecule has 20 heavy (non-hydrogen) atoms. The lowest BCUT2D eigenvalue weighted by atomic mass is 10.2. The molecule has 116 valence electrons. The minimum Gasteiger partial charge on any atom is -0.383 e. The number of hydrogen-bond donors (Lipinski definition) is 1. The van der Waals surface area contributed by atoms with Gasteiger partial charge in [-0.3, -0.25) is 4.90 Å². The van der Waals surface area contributed by atoms with E-state index in [1.165, 1.54) is 22.6 Å². The third-order valence-corrected chi connectivity index (χ3v) is 4.67. The van der Waals surface area contributed by atoms with Crippen LogP contribution in [0.2, 0.25) is 0 Å². The highest BCUT2D eigenvalue weighted by Crippen LogP contribution is 2.20. The van der Waals surface area contributed by atoms with E-state index in [2.05, 4.69) is 43.1 Å². The monoisotopic (exact) mass is 298 g/mol. The molecule has 0 aromatic carbocycles. The predicted octanol–water partition coefficient (Wildman–Crippen LogP) is 3.49. The highest BCUT2D eigenvalue weighted by Gasteiger charge is 2.13. The summed E-state index contributed by atoms with van der Waals surface area (Å²) in [5, 5.41) is 3.46. The summed E-state index contributed by atoms with van der Waals surface area (Å²) in [7, 11) is 1.78. The summed E-state index contributed by atoms with van der Waals surface area (Å²) < 4.78 is 5.23. The van der Waals surface area contributed by atoms with Crippen molar-refractivity contribution in [1.82, 2.24) is 10.2 Å². The fraction of sp³-hybridized carbons (Fsp3) is 0.750. The first-order valence-electron chi connectivity index (χ1n) is 7.72. The van der Waals surface area contributed by atoms with Crippen LogP contribution in [-0.2, 0) is 17.8 Å². The molecule has 0 fully saturated rings. The summed E-state index contributed by atoms with van der Waals surface area (Å²) in [5.41, 5.74) is 0. The van der Waals surface area contributed by atoms with E-state index >= 15 is 0 Å². The molecule has 0 aliphatic heterocycles. The second kappa shape index (κ2) is 10.3. The molecule has 1 rings (SSSR count). The van der Waals surface area contributed by atoms with Gasteiger partial charge in [0.05, 0.1) is 6.61 Å². The van der Waals surface area contributed by atoms with E-state index in [0.717, 1.165) is 32.8 Å². The lowest BCUT2D eigenvalue weighted by Gasteiger charge is -2.27. The molecule has 0 aliphatic carbocycles. The van der Waals surface area contributed by atoms with Crippen molar-refractivity contribution < 1.29 is 4.74 Å². The summed E-state index contributed by atoms with van der Waals surface area (Å²) in [6, 6.07) is 5.14. The van der Waals surface area contributed by atoms with Gasteiger partial charge in [0.25, 0.3) is 0 Å². The van der Waals surface area contributed by atoms with Crippen LogP contribution in [0.25, 0.3) is 0 Å². The van der Waals surface area contributed by atoms with Gasteiger partial charge in [-0.1, -0.05) is 13.8 Å². The maximum atomic E-state index is 5.23. The van der Waals surface area contributed by atoms with Crippen LogP contribution in [0.15, 0.2) is 12.1 Å². The topological polar surface area (TPSA) is 24.5 Å². The number of nitrogens with one attached hydrogen (secondary N) is 1. The Labute approximate surface area is 128 Å². The number of hydrogen-bond acceptors (Lipinski definition) is 4. The molecule has 0 saturated carbocycles. The van der Waals surface area contributed by atoms with Gasteiger partial charge in [-0.2, -0.15) is 0 Å². The van der Waals surface area contributed by atoms with Crippen molar-refractivity contribution in [1.29, 1.82) is 0 Å². The van der Waals surface area contributed by atoms with E-state index in [1.807, 2.05) is 11.3 Å². The molecular formula is C16H30N2OS. The molecule has 1 atom stereocenters. The van der Waals surface area contributed by atoms with Crippen LogP contribution in [0.3, 0.4) is 0 Å². The Morgan fingerprint density at radius 3 is 2.70 bits per heavy atom. The van der Waals surface area contributed by atoms with E-state index in [9.17, 15) is 0 Å². The first-order valence-corrected chi connectivity index (χ1v) is 8.54. The van der Waals surface area contributed by atoms with Gasteiger partial charge < -0.3 is 10.1 Å². The minimum absolute atomic E-state index is 0.605. The molecular weight excluding hydrogens is 268 g/mol. The molecule has 1 N–H and O–H groups in total. The summed E-state index contributed by atoms with van der Waals surface area (Å²) >= 11 is 1.93. The number of thiophene rings is 1. The molecule has 0 radical (unpaired) electrons. The third-order valence-electron chi connectivity index (χ3n) is 3.60. The zero-order valence-corrected chi connectivity index (χ0v) is 14.3. The summed E-state index contributed by atoms with van der Waals surface area (Å²) in [5.74, 6) is 0. The Bertz CT molecular complexity index is 354. The maximum Gasteiger partial charge on any atom is 0.0589 e. The Kier molecular flexibility index (Phi) is 9.10. The fourth-order valence-corrected chi connectivity index (χ4v) is 3.13. The lowest BCUT2D eigenvalue weighted by Crippen LogP contribution is -2.34. The Morgan fingerprint density at radius 2 is 2.05 bits per heavy atom. The average molecular weight is 298 g/mol. The first-order chi connectivity index (χ1) is 9.71. The van der Waals surface area contributed by atoms with Crippen LogP contribution in [0.4, 0.5) is 0 Å². The zero-order chi connectivity index (χ0) is 14.8. The highest BCUT2D eigenvalue weighted by atomic mass is 32.1. The highest BCUT2D eigenvalue weighted by molar-refractivity contribution is 7.11. The third kappa shape index (κ3) is 6.35. The normalized spacial score (nSPS) is 13.1. The largest absolute Gasteiger partial charge is 0.383 e. The van der Waals surface area contributed by atoms with Gasteiger partial charge in [0.2, 0.25) is 0 Å². The van der Waals surface area contributed by atoms with Crippen molar-refractivity contribution >= 4 is 11.3 Å². The van der Waals surface area contributed by atoms with Gasteiger partial charge in [0.15, 0.2) is 0 Å². The molecule has 0 aliphatic rings. The van der Waals surface area contributed by atoms with E-state index in [4.69, 9.17) is 4.74 Å². The molecule has 0 saturated heterocycles. The van der Waals surface area contributed by atoms with Crippen LogP contribution in [0, 0.1) is 0 Å². The zero-order valence-electron chi connectivity index (χ0n) is 13.4. The average Bonchev–Trinajstić information content (AvgIpc) is 2.90. The van der Waals surface area contributed by atoms with E-state index in [-0.39, 0.29) is 0 Å². The van der Waals surface area contributed by atoms with Gasteiger partial charge in [0.1, 0.15) is 0 Å². The van der Waals surface area contributed by atoms with Gasteiger partial charge in [-0.05, 0) is 38.4 Å². The molecule has 4 heteroatoms. The molecule has 3 nitrogen and oxygen atoms in total. The van der Waals surface area contributed by atoms with Crippen molar-refractivity contribution in [3.05, 3.63) is 21.9 Å². The van der Waals surface area contributed by atoms with E-state index in [1.54, 1.807) is 7.11 Å². The maximum absolute atomic E-state index is 5.23. The van der Waals surface area contributed by atoms with Gasteiger partial charge in [-0.15, -0.1) is 11.3 Å². The SMILES string of the molecule is CCCNCc1ccc(CN(CCOC)C(C)CC)s1. The van der Waals surface area contributed by atoms with Crippen molar-refractivity contribution in [3.8, 4) is 0 Å². The molecule has 1 aromatic heterocycles. The van der Waals surface area contributed by atoms with Crippen LogP contribution >= 0.6 is 11.3 Å². The summed E-state index contributed by atoms with van der Waals surface area (Å²) in [6.45, 7) is 11.7. The van der Waals surface area contributed by atoms with Crippen LogP contribution in [0.5, 0.6) is 0 Å². The minimum atomic E-state index is 0.605. The lowest BCUT2D eigenvalue weighted by molar-refractivity contribution is 0.119. The summed E-state index contributed by atoms with van der Waals surface area (Å²) in [6.07, 6.45) is 2.37. The van der Waals surface area contributed by atoms with Crippen molar-refractivity contribution in [2.75, 3.05) is 26.8 Å². The molecule has 0 spiro atoms. The van der Waals surface area contributed by atoms with Gasteiger partial charge in [-0.25, -0.2) is 0 Å². The number of nitrogens with zero attached hydrogens (tertiary/aromatic N) is 1. The standard InChI is InChI=1S/C16H30N2OS/c1-5-9-17-12-15-7-8-16(20-15)13-18(10-11-19-4)14(3)6-2/h7-8,14,17H,5-6,9-13H2,1-4H3. The Hall–Kier alpha value is -0.420. The second-order valence-corrected chi connectivity index (χ2v) is 6.52. The van der Waals surface area contributed by atoms with Crippen molar-refractivity contribution in [3.63, 3.8) is 0 Å². The van der Waals surface area contributed by atoms with Crippen LogP contribution in [0.1, 0.15) is 43.4 Å². The van der Waals surface area contributed by atoms with Gasteiger partial charge in [0, 0.05) is 42.5 Å². The van der Waals surface area contributed by atoms with Crippen LogP contribution < -0.4 is 5.32 Å². The number of methoxy groups -OCH3 is 1. The van der Waals surface area contributed by atoms with E-state index in [0.29, 0.717) is 6.04 Å². The molecule has 0 amide bonds. The van der Waals surface area contributed by atoms with Gasteiger partial charge >= 0.3 is 0 Å². The first kappa shape index (κ1) is 17.6. The number of ether oxygens (including phenoxy) is 1.